The van der Waals surface area contributed by atoms with Crippen LogP contribution in [0.4, 0.5) is 0 Å². The van der Waals surface area contributed by atoms with Gasteiger partial charge in [-0.25, -0.2) is 0 Å². The van der Waals surface area contributed by atoms with E-state index in [1.165, 1.54) is 0 Å². The van der Waals surface area contributed by atoms with Crippen LogP contribution in [-0.4, -0.2) is 17.8 Å². The standard InChI is InChI=1S/C9H9BrO2/c10-7-3-1-6(2-4-7)9-8(11)5-12-9/h1-4,8-9,11H,5H2. The Kier molecular flexibility index (Phi) is 2.17. The maximum absolute atomic E-state index is 9.29. The van der Waals surface area contributed by atoms with Crippen molar-refractivity contribution in [2.24, 2.45) is 0 Å². The fourth-order valence-corrected chi connectivity index (χ4v) is 1.51. The summed E-state index contributed by atoms with van der Waals surface area (Å²) in [5.41, 5.74) is 1.04. The molecule has 0 amide bonds. The predicted octanol–water partition coefficient (Wildman–Crippen LogP) is 1.88. The average Bonchev–Trinajstić information content (AvgIpc) is 2.06. The van der Waals surface area contributed by atoms with Crippen LogP contribution in [-0.2, 0) is 4.74 Å². The van der Waals surface area contributed by atoms with Gasteiger partial charge in [-0.2, -0.15) is 0 Å². The Morgan fingerprint density at radius 2 is 2.00 bits per heavy atom. The van der Waals surface area contributed by atoms with E-state index < -0.39 is 0 Å². The van der Waals surface area contributed by atoms with Gasteiger partial charge in [0.05, 0.1) is 6.61 Å². The second-order valence-electron chi connectivity index (χ2n) is 2.87. The number of hydrogen-bond donors (Lipinski definition) is 1. The molecule has 1 fully saturated rings. The van der Waals surface area contributed by atoms with Crippen LogP contribution in [0.25, 0.3) is 0 Å². The second kappa shape index (κ2) is 3.17. The van der Waals surface area contributed by atoms with Gasteiger partial charge >= 0.3 is 0 Å². The fourth-order valence-electron chi connectivity index (χ4n) is 1.25. The maximum atomic E-state index is 9.29. The van der Waals surface area contributed by atoms with Gasteiger partial charge in [-0.3, -0.25) is 0 Å². The predicted molar refractivity (Wildman–Crippen MR) is 48.8 cm³/mol. The monoisotopic (exact) mass is 228 g/mol. The van der Waals surface area contributed by atoms with Crippen molar-refractivity contribution in [1.29, 1.82) is 0 Å². The Hall–Kier alpha value is -0.380. The number of aliphatic hydroxyl groups excluding tert-OH is 1. The van der Waals surface area contributed by atoms with E-state index >= 15 is 0 Å². The first-order valence-electron chi connectivity index (χ1n) is 3.82. The Morgan fingerprint density at radius 3 is 2.42 bits per heavy atom. The Labute approximate surface area is 79.3 Å². The quantitative estimate of drug-likeness (QED) is 0.796. The summed E-state index contributed by atoms with van der Waals surface area (Å²) < 4.78 is 6.25. The molecule has 1 N–H and O–H groups in total. The second-order valence-corrected chi connectivity index (χ2v) is 3.79. The van der Waals surface area contributed by atoms with E-state index in [2.05, 4.69) is 15.9 Å². The minimum Gasteiger partial charge on any atom is -0.388 e. The number of aliphatic hydroxyl groups is 1. The Morgan fingerprint density at radius 1 is 1.33 bits per heavy atom. The zero-order valence-electron chi connectivity index (χ0n) is 6.40. The smallest absolute Gasteiger partial charge is 0.111 e. The zero-order chi connectivity index (χ0) is 8.55. The Balaban J connectivity index is 2.18. The van der Waals surface area contributed by atoms with Crippen LogP contribution < -0.4 is 0 Å². The van der Waals surface area contributed by atoms with Gasteiger partial charge in [0.15, 0.2) is 0 Å². The first-order chi connectivity index (χ1) is 5.77. The Bertz CT molecular complexity index is 270. The molecule has 0 saturated carbocycles. The third kappa shape index (κ3) is 1.40. The molecule has 64 valence electrons. The first-order valence-corrected chi connectivity index (χ1v) is 4.62. The SMILES string of the molecule is OC1COC1c1ccc(Br)cc1. The molecule has 2 atom stereocenters. The van der Waals surface area contributed by atoms with Gasteiger partial charge in [0.25, 0.3) is 0 Å². The molecule has 1 aliphatic rings. The number of ether oxygens (including phenoxy) is 1. The number of benzene rings is 1. The minimum absolute atomic E-state index is 0.113. The molecule has 2 nitrogen and oxygen atoms in total. The van der Waals surface area contributed by atoms with Crippen molar-refractivity contribution in [3.63, 3.8) is 0 Å². The van der Waals surface area contributed by atoms with Crippen LogP contribution in [0, 0.1) is 0 Å². The van der Waals surface area contributed by atoms with Crippen LogP contribution in [0.15, 0.2) is 28.7 Å². The molecular formula is C9H9BrO2. The van der Waals surface area contributed by atoms with Gasteiger partial charge in [-0.1, -0.05) is 28.1 Å². The normalized spacial score (nSPS) is 28.2. The summed E-state index contributed by atoms with van der Waals surface area (Å²) in [4.78, 5) is 0. The van der Waals surface area contributed by atoms with Crippen LogP contribution in [0.1, 0.15) is 11.7 Å². The van der Waals surface area contributed by atoms with Gasteiger partial charge in [0.2, 0.25) is 0 Å². The first kappa shape index (κ1) is 8.23. The third-order valence-electron chi connectivity index (χ3n) is 1.99. The summed E-state index contributed by atoms with van der Waals surface area (Å²) in [5, 5.41) is 9.29. The van der Waals surface area contributed by atoms with Crippen molar-refractivity contribution in [3.8, 4) is 0 Å². The highest BCUT2D eigenvalue weighted by molar-refractivity contribution is 9.10. The minimum atomic E-state index is -0.328. The molecule has 0 aliphatic carbocycles. The molecule has 0 spiro atoms. The molecule has 0 bridgehead atoms. The van der Waals surface area contributed by atoms with Crippen molar-refractivity contribution in [3.05, 3.63) is 34.3 Å². The van der Waals surface area contributed by atoms with Crippen molar-refractivity contribution in [2.45, 2.75) is 12.2 Å². The van der Waals surface area contributed by atoms with E-state index in [1.807, 2.05) is 24.3 Å². The highest BCUT2D eigenvalue weighted by Gasteiger charge is 2.31. The summed E-state index contributed by atoms with van der Waals surface area (Å²) in [7, 11) is 0. The lowest BCUT2D eigenvalue weighted by Gasteiger charge is -2.33. The third-order valence-corrected chi connectivity index (χ3v) is 2.52. The zero-order valence-corrected chi connectivity index (χ0v) is 7.99. The molecule has 0 radical (unpaired) electrons. The largest absolute Gasteiger partial charge is 0.388 e. The van der Waals surface area contributed by atoms with Crippen molar-refractivity contribution >= 4 is 15.9 Å². The molecule has 1 aromatic rings. The van der Waals surface area contributed by atoms with Gasteiger partial charge in [-0.15, -0.1) is 0 Å². The van der Waals surface area contributed by atoms with E-state index in [0.717, 1.165) is 10.0 Å². The fraction of sp³-hybridized carbons (Fsp3) is 0.333. The number of rotatable bonds is 1. The van der Waals surface area contributed by atoms with E-state index in [0.29, 0.717) is 6.61 Å². The van der Waals surface area contributed by atoms with E-state index in [1.54, 1.807) is 0 Å². The van der Waals surface area contributed by atoms with Gasteiger partial charge < -0.3 is 9.84 Å². The average molecular weight is 229 g/mol. The van der Waals surface area contributed by atoms with Crippen molar-refractivity contribution in [1.82, 2.24) is 0 Å². The molecular weight excluding hydrogens is 220 g/mol. The number of hydrogen-bond acceptors (Lipinski definition) is 2. The molecule has 0 aromatic heterocycles. The molecule has 1 saturated heterocycles. The van der Waals surface area contributed by atoms with Crippen LogP contribution in [0.2, 0.25) is 0 Å². The lowest BCUT2D eigenvalue weighted by molar-refractivity contribution is -0.165. The molecule has 1 aliphatic heterocycles. The topological polar surface area (TPSA) is 29.5 Å². The molecule has 2 unspecified atom stereocenters. The molecule has 2 rings (SSSR count). The summed E-state index contributed by atoms with van der Waals surface area (Å²) in [6.07, 6.45) is -0.440. The molecule has 1 heterocycles. The van der Waals surface area contributed by atoms with E-state index in [-0.39, 0.29) is 12.2 Å². The lowest BCUT2D eigenvalue weighted by Crippen LogP contribution is -2.37. The maximum Gasteiger partial charge on any atom is 0.111 e. The van der Waals surface area contributed by atoms with Crippen molar-refractivity contribution in [2.75, 3.05) is 6.61 Å². The summed E-state index contributed by atoms with van der Waals surface area (Å²) in [6.45, 7) is 0.459. The summed E-state index contributed by atoms with van der Waals surface area (Å²) >= 11 is 3.35. The number of halogens is 1. The van der Waals surface area contributed by atoms with Crippen LogP contribution >= 0.6 is 15.9 Å². The van der Waals surface area contributed by atoms with E-state index in [4.69, 9.17) is 4.74 Å². The van der Waals surface area contributed by atoms with Gasteiger partial charge in [0, 0.05) is 4.47 Å². The lowest BCUT2D eigenvalue weighted by atomic mass is 10.0. The van der Waals surface area contributed by atoms with Crippen LogP contribution in [0.3, 0.4) is 0 Å². The highest BCUT2D eigenvalue weighted by Crippen LogP contribution is 2.30. The van der Waals surface area contributed by atoms with E-state index in [9.17, 15) is 5.11 Å². The molecule has 12 heavy (non-hydrogen) atoms. The van der Waals surface area contributed by atoms with Gasteiger partial charge in [-0.05, 0) is 17.7 Å². The molecule has 1 aromatic carbocycles. The van der Waals surface area contributed by atoms with Gasteiger partial charge in [0.1, 0.15) is 12.2 Å². The summed E-state index contributed by atoms with van der Waals surface area (Å²) in [5.74, 6) is 0. The van der Waals surface area contributed by atoms with Crippen LogP contribution in [0.5, 0.6) is 0 Å². The highest BCUT2D eigenvalue weighted by atomic mass is 79.9. The molecule has 3 heteroatoms. The summed E-state index contributed by atoms with van der Waals surface area (Å²) in [6, 6.07) is 7.81. The van der Waals surface area contributed by atoms with Crippen molar-refractivity contribution < 1.29 is 9.84 Å².